The molecule has 0 amide bonds. The van der Waals surface area contributed by atoms with Gasteiger partial charge in [0.1, 0.15) is 0 Å². The van der Waals surface area contributed by atoms with Crippen molar-refractivity contribution >= 4 is 0 Å². The standard InChI is InChI=1S/C14H26N4/c1-12(2)7-5-3-4-6-10-18-14-8-9-15-11-13(14)16-17-18/h12,15H,3-11H2,1-2H3. The van der Waals surface area contributed by atoms with E-state index in [1.807, 2.05) is 0 Å². The molecule has 0 bridgehead atoms. The smallest absolute Gasteiger partial charge is 0.0997 e. The third-order valence-corrected chi connectivity index (χ3v) is 3.65. The van der Waals surface area contributed by atoms with Crippen molar-refractivity contribution in [3.8, 4) is 0 Å². The van der Waals surface area contributed by atoms with E-state index in [-0.39, 0.29) is 0 Å². The molecule has 1 aliphatic heterocycles. The molecule has 1 aliphatic rings. The predicted molar refractivity (Wildman–Crippen MR) is 73.4 cm³/mol. The molecule has 0 aromatic carbocycles. The molecule has 2 rings (SSSR count). The van der Waals surface area contributed by atoms with Gasteiger partial charge in [0, 0.05) is 26.1 Å². The van der Waals surface area contributed by atoms with Crippen LogP contribution in [0.5, 0.6) is 0 Å². The van der Waals surface area contributed by atoms with Gasteiger partial charge < -0.3 is 5.32 Å². The van der Waals surface area contributed by atoms with Crippen LogP contribution in [0.2, 0.25) is 0 Å². The largest absolute Gasteiger partial charge is 0.311 e. The lowest BCUT2D eigenvalue weighted by molar-refractivity contribution is 0.479. The summed E-state index contributed by atoms with van der Waals surface area (Å²) in [6, 6.07) is 0. The number of hydrogen-bond acceptors (Lipinski definition) is 3. The Morgan fingerprint density at radius 2 is 2.06 bits per heavy atom. The first-order valence-electron chi connectivity index (χ1n) is 7.39. The molecule has 18 heavy (non-hydrogen) atoms. The Morgan fingerprint density at radius 1 is 1.22 bits per heavy atom. The Labute approximate surface area is 110 Å². The van der Waals surface area contributed by atoms with Crippen LogP contribution in [0.25, 0.3) is 0 Å². The summed E-state index contributed by atoms with van der Waals surface area (Å²) in [4.78, 5) is 0. The quantitative estimate of drug-likeness (QED) is 0.756. The van der Waals surface area contributed by atoms with Crippen LogP contribution in [-0.2, 0) is 19.5 Å². The maximum atomic E-state index is 4.27. The fourth-order valence-electron chi connectivity index (χ4n) is 2.54. The normalized spacial score (nSPS) is 15.1. The number of hydrogen-bond donors (Lipinski definition) is 1. The first-order valence-corrected chi connectivity index (χ1v) is 7.39. The number of nitrogens with one attached hydrogen (secondary N) is 1. The highest BCUT2D eigenvalue weighted by atomic mass is 15.4. The van der Waals surface area contributed by atoms with E-state index in [9.17, 15) is 0 Å². The van der Waals surface area contributed by atoms with E-state index in [2.05, 4.69) is 34.2 Å². The molecule has 102 valence electrons. The average molecular weight is 250 g/mol. The van der Waals surface area contributed by atoms with Gasteiger partial charge >= 0.3 is 0 Å². The van der Waals surface area contributed by atoms with E-state index in [0.29, 0.717) is 0 Å². The maximum absolute atomic E-state index is 4.27. The summed E-state index contributed by atoms with van der Waals surface area (Å²) in [5.41, 5.74) is 2.51. The van der Waals surface area contributed by atoms with Gasteiger partial charge in [0.2, 0.25) is 0 Å². The zero-order chi connectivity index (χ0) is 12.8. The molecule has 4 heteroatoms. The van der Waals surface area contributed by atoms with Gasteiger partial charge in [-0.05, 0) is 12.3 Å². The summed E-state index contributed by atoms with van der Waals surface area (Å²) in [5.74, 6) is 0.847. The number of rotatable bonds is 7. The van der Waals surface area contributed by atoms with Gasteiger partial charge in [-0.2, -0.15) is 0 Å². The zero-order valence-electron chi connectivity index (χ0n) is 11.8. The average Bonchev–Trinajstić information content (AvgIpc) is 2.77. The predicted octanol–water partition coefficient (Wildman–Crippen LogP) is 2.53. The van der Waals surface area contributed by atoms with Crippen molar-refractivity contribution in [1.29, 1.82) is 0 Å². The molecule has 1 aromatic heterocycles. The highest BCUT2D eigenvalue weighted by Crippen LogP contribution is 2.13. The molecule has 0 saturated carbocycles. The summed E-state index contributed by atoms with van der Waals surface area (Å²) in [5, 5.41) is 11.8. The van der Waals surface area contributed by atoms with Crippen molar-refractivity contribution in [2.24, 2.45) is 5.92 Å². The summed E-state index contributed by atoms with van der Waals surface area (Å²) >= 11 is 0. The van der Waals surface area contributed by atoms with Crippen LogP contribution in [0.4, 0.5) is 0 Å². The second kappa shape index (κ2) is 6.88. The number of aryl methyl sites for hydroxylation is 1. The third-order valence-electron chi connectivity index (χ3n) is 3.65. The molecule has 0 atom stereocenters. The van der Waals surface area contributed by atoms with E-state index in [4.69, 9.17) is 0 Å². The van der Waals surface area contributed by atoms with Crippen LogP contribution in [0.3, 0.4) is 0 Å². The van der Waals surface area contributed by atoms with Crippen LogP contribution < -0.4 is 5.32 Å². The monoisotopic (exact) mass is 250 g/mol. The van der Waals surface area contributed by atoms with E-state index >= 15 is 0 Å². The molecular formula is C14H26N4. The lowest BCUT2D eigenvalue weighted by atomic mass is 10.0. The van der Waals surface area contributed by atoms with E-state index < -0.39 is 0 Å². The fraction of sp³-hybridized carbons (Fsp3) is 0.857. The second-order valence-corrected chi connectivity index (χ2v) is 5.73. The summed E-state index contributed by atoms with van der Waals surface area (Å²) < 4.78 is 2.12. The lowest BCUT2D eigenvalue weighted by Crippen LogP contribution is -2.25. The zero-order valence-corrected chi connectivity index (χ0v) is 11.8. The van der Waals surface area contributed by atoms with E-state index in [1.54, 1.807) is 0 Å². The highest BCUT2D eigenvalue weighted by molar-refractivity contribution is 5.13. The van der Waals surface area contributed by atoms with Gasteiger partial charge in [0.25, 0.3) is 0 Å². The minimum atomic E-state index is 0.847. The molecule has 4 nitrogen and oxygen atoms in total. The first kappa shape index (κ1) is 13.5. The van der Waals surface area contributed by atoms with Gasteiger partial charge in [0.05, 0.1) is 11.4 Å². The Balaban J connectivity index is 1.66. The minimum absolute atomic E-state index is 0.847. The van der Waals surface area contributed by atoms with Crippen LogP contribution >= 0.6 is 0 Å². The van der Waals surface area contributed by atoms with Crippen LogP contribution in [0.1, 0.15) is 57.3 Å². The minimum Gasteiger partial charge on any atom is -0.311 e. The van der Waals surface area contributed by atoms with Crippen molar-refractivity contribution in [2.45, 2.75) is 65.5 Å². The van der Waals surface area contributed by atoms with Crippen molar-refractivity contribution < 1.29 is 0 Å². The van der Waals surface area contributed by atoms with Crippen LogP contribution in [0, 0.1) is 5.92 Å². The summed E-state index contributed by atoms with van der Waals surface area (Å²) in [7, 11) is 0. The number of fused-ring (bicyclic) bond motifs is 1. The Morgan fingerprint density at radius 3 is 2.89 bits per heavy atom. The Kier molecular flexibility index (Phi) is 5.17. The number of nitrogens with zero attached hydrogens (tertiary/aromatic N) is 3. The summed E-state index contributed by atoms with van der Waals surface area (Å²) in [6.45, 7) is 7.61. The van der Waals surface area contributed by atoms with E-state index in [1.165, 1.54) is 37.8 Å². The fourth-order valence-corrected chi connectivity index (χ4v) is 2.54. The van der Waals surface area contributed by atoms with Gasteiger partial charge in [-0.15, -0.1) is 5.10 Å². The number of aromatic nitrogens is 3. The molecule has 1 aromatic rings. The number of unbranched alkanes of at least 4 members (excludes halogenated alkanes) is 3. The molecule has 0 spiro atoms. The molecule has 1 N–H and O–H groups in total. The van der Waals surface area contributed by atoms with Crippen molar-refractivity contribution in [1.82, 2.24) is 20.3 Å². The van der Waals surface area contributed by atoms with Crippen molar-refractivity contribution in [2.75, 3.05) is 6.54 Å². The second-order valence-electron chi connectivity index (χ2n) is 5.73. The summed E-state index contributed by atoms with van der Waals surface area (Å²) in [6.07, 6.45) is 7.73. The molecule has 2 heterocycles. The Bertz CT molecular complexity index is 357. The highest BCUT2D eigenvalue weighted by Gasteiger charge is 2.15. The van der Waals surface area contributed by atoms with Gasteiger partial charge in [-0.1, -0.05) is 44.7 Å². The molecular weight excluding hydrogens is 224 g/mol. The van der Waals surface area contributed by atoms with Gasteiger partial charge in [-0.3, -0.25) is 0 Å². The van der Waals surface area contributed by atoms with Crippen molar-refractivity contribution in [3.63, 3.8) is 0 Å². The lowest BCUT2D eigenvalue weighted by Gasteiger charge is -2.13. The topological polar surface area (TPSA) is 42.7 Å². The molecule has 0 unspecified atom stereocenters. The van der Waals surface area contributed by atoms with Crippen LogP contribution in [0.15, 0.2) is 0 Å². The molecule has 0 aliphatic carbocycles. The SMILES string of the molecule is CC(C)CCCCCCn1nnc2c1CCNC2. The maximum Gasteiger partial charge on any atom is 0.0997 e. The first-order chi connectivity index (χ1) is 8.77. The third kappa shape index (κ3) is 3.80. The molecule has 0 fully saturated rings. The van der Waals surface area contributed by atoms with E-state index in [0.717, 1.165) is 37.7 Å². The van der Waals surface area contributed by atoms with Crippen LogP contribution in [-0.4, -0.2) is 21.5 Å². The Hall–Kier alpha value is -0.900. The molecule has 0 saturated heterocycles. The van der Waals surface area contributed by atoms with Gasteiger partial charge in [0.15, 0.2) is 0 Å². The molecule has 0 radical (unpaired) electrons. The van der Waals surface area contributed by atoms with Crippen molar-refractivity contribution in [3.05, 3.63) is 11.4 Å². The van der Waals surface area contributed by atoms with Gasteiger partial charge in [-0.25, -0.2) is 4.68 Å².